The van der Waals surface area contributed by atoms with Crippen molar-refractivity contribution in [1.82, 2.24) is 9.62 Å². The third kappa shape index (κ3) is 5.77. The van der Waals surface area contributed by atoms with Gasteiger partial charge in [0.1, 0.15) is 18.1 Å². The smallest absolute Gasteiger partial charge is 0.264 e. The molecule has 3 aromatic carbocycles. The first-order chi connectivity index (χ1) is 18.0. The molecule has 1 atom stereocenters. The minimum absolute atomic E-state index is 0.111. The van der Waals surface area contributed by atoms with Crippen molar-refractivity contribution in [2.24, 2.45) is 0 Å². The molecule has 0 saturated carbocycles. The second kappa shape index (κ2) is 11.0. The molecule has 1 N–H and O–H groups in total. The second-order valence-electron chi connectivity index (χ2n) is 8.82. The van der Waals surface area contributed by atoms with Crippen LogP contribution in [0.2, 0.25) is 0 Å². The number of para-hydroxylation sites is 2. The zero-order chi connectivity index (χ0) is 27.5. The van der Waals surface area contributed by atoms with Crippen LogP contribution >= 0.6 is 0 Å². The van der Waals surface area contributed by atoms with Crippen molar-refractivity contribution in [2.75, 3.05) is 38.1 Å². The minimum atomic E-state index is -3.94. The summed E-state index contributed by atoms with van der Waals surface area (Å²) in [4.78, 5) is 13.2. The average molecular weight is 560 g/mol. The van der Waals surface area contributed by atoms with Crippen molar-refractivity contribution in [1.29, 1.82) is 0 Å². The molecule has 12 heteroatoms. The number of fused-ring (bicyclic) bond motifs is 1. The predicted octanol–water partition coefficient (Wildman–Crippen LogP) is 2.40. The Morgan fingerprint density at radius 3 is 2.26 bits per heavy atom. The molecule has 4 rings (SSSR count). The SMILES string of the molecule is Cc1ccc(S(=O)(=O)N2CC(C(=O)NCCOc3ccc(S(=O)(=O)N(C)C)cc3)Oc3ccccc32)cc1. The van der Waals surface area contributed by atoms with E-state index in [0.717, 1.165) is 9.87 Å². The van der Waals surface area contributed by atoms with Crippen molar-refractivity contribution in [3.8, 4) is 11.5 Å². The van der Waals surface area contributed by atoms with Crippen molar-refractivity contribution >= 4 is 31.6 Å². The Kier molecular flexibility index (Phi) is 7.95. The molecule has 1 aliphatic rings. The standard InChI is InChI=1S/C26H29N3O7S2/c1-19-8-12-22(13-9-19)38(33,34)29-18-25(36-24-7-5-4-6-23(24)29)26(30)27-16-17-35-20-10-14-21(15-11-20)37(31,32)28(2)3/h4-15,25H,16-18H2,1-3H3,(H,27,30). The number of benzene rings is 3. The van der Waals surface area contributed by atoms with Crippen molar-refractivity contribution in [3.63, 3.8) is 0 Å². The summed E-state index contributed by atoms with van der Waals surface area (Å²) in [5.41, 5.74) is 1.29. The first kappa shape index (κ1) is 27.4. The van der Waals surface area contributed by atoms with Crippen molar-refractivity contribution in [2.45, 2.75) is 22.8 Å². The lowest BCUT2D eigenvalue weighted by molar-refractivity contribution is -0.127. The lowest BCUT2D eigenvalue weighted by Gasteiger charge is -2.34. The highest BCUT2D eigenvalue weighted by atomic mass is 32.2. The van der Waals surface area contributed by atoms with Crippen LogP contribution in [0.3, 0.4) is 0 Å². The van der Waals surface area contributed by atoms with E-state index >= 15 is 0 Å². The van der Waals surface area contributed by atoms with E-state index < -0.39 is 32.1 Å². The number of nitrogens with one attached hydrogen (secondary N) is 1. The maximum Gasteiger partial charge on any atom is 0.264 e. The van der Waals surface area contributed by atoms with E-state index in [-0.39, 0.29) is 29.5 Å². The number of carbonyl (C=O) groups excluding carboxylic acids is 1. The van der Waals surface area contributed by atoms with Gasteiger partial charge in [0.05, 0.1) is 28.6 Å². The zero-order valence-electron chi connectivity index (χ0n) is 21.2. The summed E-state index contributed by atoms with van der Waals surface area (Å²) in [7, 11) is -4.57. The Labute approximate surface area is 222 Å². The van der Waals surface area contributed by atoms with E-state index in [1.807, 2.05) is 6.92 Å². The average Bonchev–Trinajstić information content (AvgIpc) is 2.90. The van der Waals surface area contributed by atoms with Crippen molar-refractivity contribution in [3.05, 3.63) is 78.4 Å². The predicted molar refractivity (Wildman–Crippen MR) is 142 cm³/mol. The van der Waals surface area contributed by atoms with Gasteiger partial charge < -0.3 is 14.8 Å². The first-order valence-electron chi connectivity index (χ1n) is 11.8. The number of sulfonamides is 2. The molecule has 1 unspecified atom stereocenters. The second-order valence-corrected chi connectivity index (χ2v) is 12.8. The van der Waals surface area contributed by atoms with Crippen LogP contribution < -0.4 is 19.1 Å². The van der Waals surface area contributed by atoms with E-state index in [4.69, 9.17) is 9.47 Å². The molecule has 1 aliphatic heterocycles. The lowest BCUT2D eigenvalue weighted by Crippen LogP contribution is -2.51. The Bertz CT molecular complexity index is 1510. The number of hydrogen-bond acceptors (Lipinski definition) is 7. The number of amides is 1. The summed E-state index contributed by atoms with van der Waals surface area (Å²) in [5, 5.41) is 2.71. The fraction of sp³-hybridized carbons (Fsp3) is 0.269. The van der Waals surface area contributed by atoms with Crippen LogP contribution in [0.15, 0.2) is 82.6 Å². The van der Waals surface area contributed by atoms with Gasteiger partial charge in [-0.1, -0.05) is 29.8 Å². The maximum atomic E-state index is 13.4. The topological polar surface area (TPSA) is 122 Å². The first-order valence-corrected chi connectivity index (χ1v) is 14.7. The highest BCUT2D eigenvalue weighted by Gasteiger charge is 2.37. The summed E-state index contributed by atoms with van der Waals surface area (Å²) in [6.45, 7) is 1.92. The van der Waals surface area contributed by atoms with Crippen LogP contribution in [0.5, 0.6) is 11.5 Å². The summed E-state index contributed by atoms with van der Waals surface area (Å²) >= 11 is 0. The van der Waals surface area contributed by atoms with Crippen LogP contribution in [0, 0.1) is 6.92 Å². The summed E-state index contributed by atoms with van der Waals surface area (Å²) < 4.78 is 65.0. The Morgan fingerprint density at radius 1 is 0.974 bits per heavy atom. The Hall–Kier alpha value is -3.61. The van der Waals surface area contributed by atoms with Gasteiger partial charge in [-0.15, -0.1) is 0 Å². The summed E-state index contributed by atoms with van der Waals surface area (Å²) in [6, 6.07) is 19.2. The fourth-order valence-corrected chi connectivity index (χ4v) is 6.16. The molecule has 38 heavy (non-hydrogen) atoms. The molecule has 10 nitrogen and oxygen atoms in total. The molecule has 0 aromatic heterocycles. The van der Waals surface area contributed by atoms with Crippen LogP contribution in [0.1, 0.15) is 5.56 Å². The van der Waals surface area contributed by atoms with E-state index in [0.29, 0.717) is 17.2 Å². The molecule has 1 heterocycles. The van der Waals surface area contributed by atoms with Gasteiger partial charge in [-0.2, -0.15) is 0 Å². The monoisotopic (exact) mass is 559 g/mol. The number of aryl methyl sites for hydroxylation is 1. The van der Waals surface area contributed by atoms with Crippen LogP contribution in [-0.2, 0) is 24.8 Å². The fourth-order valence-electron chi connectivity index (χ4n) is 3.78. The number of rotatable bonds is 9. The molecule has 0 fully saturated rings. The molecule has 0 aliphatic carbocycles. The molecular weight excluding hydrogens is 530 g/mol. The third-order valence-electron chi connectivity index (χ3n) is 5.91. The number of anilines is 1. The van der Waals surface area contributed by atoms with E-state index in [1.165, 1.54) is 54.8 Å². The van der Waals surface area contributed by atoms with E-state index in [1.54, 1.807) is 36.4 Å². The van der Waals surface area contributed by atoms with Crippen LogP contribution in [-0.4, -0.2) is 66.9 Å². The van der Waals surface area contributed by atoms with Crippen molar-refractivity contribution < 1.29 is 31.1 Å². The van der Waals surface area contributed by atoms with Gasteiger partial charge >= 0.3 is 0 Å². The van der Waals surface area contributed by atoms with Gasteiger partial charge in [0.2, 0.25) is 10.0 Å². The highest BCUT2D eigenvalue weighted by Crippen LogP contribution is 2.36. The number of hydrogen-bond donors (Lipinski definition) is 1. The number of nitrogens with zero attached hydrogens (tertiary/aromatic N) is 2. The van der Waals surface area contributed by atoms with E-state index in [9.17, 15) is 21.6 Å². The summed E-state index contributed by atoms with van der Waals surface area (Å²) in [5.74, 6) is 0.244. The molecule has 3 aromatic rings. The van der Waals surface area contributed by atoms with Gasteiger partial charge in [-0.05, 0) is 55.5 Å². The van der Waals surface area contributed by atoms with E-state index in [2.05, 4.69) is 5.32 Å². The van der Waals surface area contributed by atoms with Gasteiger partial charge in [0.15, 0.2) is 6.10 Å². The molecule has 202 valence electrons. The largest absolute Gasteiger partial charge is 0.492 e. The molecule has 0 bridgehead atoms. The van der Waals surface area contributed by atoms with Gasteiger partial charge in [0.25, 0.3) is 15.9 Å². The molecular formula is C26H29N3O7S2. The minimum Gasteiger partial charge on any atom is -0.492 e. The molecule has 0 spiro atoms. The summed E-state index contributed by atoms with van der Waals surface area (Å²) in [6.07, 6.45) is -1.07. The Morgan fingerprint density at radius 2 is 1.61 bits per heavy atom. The van der Waals surface area contributed by atoms with Gasteiger partial charge in [-0.25, -0.2) is 21.1 Å². The molecule has 0 saturated heterocycles. The van der Waals surface area contributed by atoms with Crippen LogP contribution in [0.4, 0.5) is 5.69 Å². The highest BCUT2D eigenvalue weighted by molar-refractivity contribution is 7.92. The zero-order valence-corrected chi connectivity index (χ0v) is 22.8. The lowest BCUT2D eigenvalue weighted by atomic mass is 10.2. The maximum absolute atomic E-state index is 13.4. The van der Waals surface area contributed by atoms with Crippen LogP contribution in [0.25, 0.3) is 0 Å². The molecule has 1 amide bonds. The van der Waals surface area contributed by atoms with Gasteiger partial charge in [-0.3, -0.25) is 9.10 Å². The molecule has 0 radical (unpaired) electrons. The normalized spacial score (nSPS) is 15.5. The Balaban J connectivity index is 1.39. The number of carbonyl (C=O) groups is 1. The van der Waals surface area contributed by atoms with Gasteiger partial charge in [0, 0.05) is 14.1 Å². The quantitative estimate of drug-likeness (QED) is 0.400. The number of ether oxygens (including phenoxy) is 2. The third-order valence-corrected chi connectivity index (χ3v) is 9.53.